The Balaban J connectivity index is 1.91. The molecule has 1 amide bonds. The van der Waals surface area contributed by atoms with Crippen molar-refractivity contribution in [3.05, 3.63) is 71.0 Å². The Kier molecular flexibility index (Phi) is 4.20. The minimum atomic E-state index is -0.397. The highest BCUT2D eigenvalue weighted by molar-refractivity contribution is 5.94. The summed E-state index contributed by atoms with van der Waals surface area (Å²) in [5.41, 5.74) is 2.76. The Morgan fingerprint density at radius 3 is 2.73 bits per heavy atom. The van der Waals surface area contributed by atoms with Gasteiger partial charge < -0.3 is 9.64 Å². The van der Waals surface area contributed by atoms with E-state index in [9.17, 15) is 9.18 Å². The predicted molar refractivity (Wildman–Crippen MR) is 82.1 cm³/mol. The fourth-order valence-electron chi connectivity index (χ4n) is 2.95. The lowest BCUT2D eigenvalue weighted by molar-refractivity contribution is 0.0476. The molecular formula is C18H18FNO2. The molecule has 1 heterocycles. The van der Waals surface area contributed by atoms with E-state index in [2.05, 4.69) is 6.07 Å². The highest BCUT2D eigenvalue weighted by atomic mass is 19.1. The van der Waals surface area contributed by atoms with E-state index < -0.39 is 5.82 Å². The predicted octanol–water partition coefficient (Wildman–Crippen LogP) is 3.04. The molecule has 1 atom stereocenters. The average molecular weight is 299 g/mol. The summed E-state index contributed by atoms with van der Waals surface area (Å²) in [5, 5.41) is 0. The molecule has 2 aromatic carbocycles. The largest absolute Gasteiger partial charge is 0.383 e. The fourth-order valence-corrected chi connectivity index (χ4v) is 2.95. The van der Waals surface area contributed by atoms with Crippen molar-refractivity contribution in [3.63, 3.8) is 0 Å². The average Bonchev–Trinajstić information content (AvgIpc) is 2.54. The summed E-state index contributed by atoms with van der Waals surface area (Å²) in [5.74, 6) is -0.553. The number of benzene rings is 2. The fraction of sp³-hybridized carbons (Fsp3) is 0.278. The van der Waals surface area contributed by atoms with E-state index in [-0.39, 0.29) is 11.9 Å². The van der Waals surface area contributed by atoms with E-state index in [4.69, 9.17) is 4.74 Å². The molecule has 2 aromatic rings. The molecule has 0 fully saturated rings. The molecule has 0 N–H and O–H groups in total. The molecule has 0 spiro atoms. The molecule has 3 rings (SSSR count). The number of halogens is 1. The van der Waals surface area contributed by atoms with Crippen LogP contribution in [0, 0.1) is 5.82 Å². The van der Waals surface area contributed by atoms with Gasteiger partial charge in [-0.25, -0.2) is 4.39 Å². The van der Waals surface area contributed by atoms with Gasteiger partial charge in [0.1, 0.15) is 5.82 Å². The van der Waals surface area contributed by atoms with E-state index in [1.165, 1.54) is 17.7 Å². The van der Waals surface area contributed by atoms with Crippen molar-refractivity contribution < 1.29 is 13.9 Å². The first-order valence-corrected chi connectivity index (χ1v) is 7.31. The van der Waals surface area contributed by atoms with Gasteiger partial charge >= 0.3 is 0 Å². The molecule has 0 saturated heterocycles. The third-order valence-electron chi connectivity index (χ3n) is 4.05. The van der Waals surface area contributed by atoms with Crippen LogP contribution in [-0.4, -0.2) is 30.6 Å². The lowest BCUT2D eigenvalue weighted by Crippen LogP contribution is -2.46. The van der Waals surface area contributed by atoms with Crippen molar-refractivity contribution in [2.75, 3.05) is 13.7 Å². The van der Waals surface area contributed by atoms with E-state index in [0.29, 0.717) is 18.7 Å². The summed E-state index contributed by atoms with van der Waals surface area (Å²) in [7, 11) is 1.63. The zero-order chi connectivity index (χ0) is 15.5. The van der Waals surface area contributed by atoms with Gasteiger partial charge in [-0.3, -0.25) is 4.79 Å². The summed E-state index contributed by atoms with van der Waals surface area (Å²) < 4.78 is 18.7. The Morgan fingerprint density at radius 1 is 1.23 bits per heavy atom. The molecule has 1 unspecified atom stereocenters. The van der Waals surface area contributed by atoms with Gasteiger partial charge in [0.15, 0.2) is 0 Å². The molecule has 114 valence electrons. The standard InChI is InChI=1S/C18H18FNO2/c1-22-12-17-10-13-5-2-3-6-15(13)11-20(17)18(21)14-7-4-8-16(19)9-14/h2-9,17H,10-12H2,1H3. The van der Waals surface area contributed by atoms with Gasteiger partial charge in [0.2, 0.25) is 0 Å². The van der Waals surface area contributed by atoms with Crippen LogP contribution in [-0.2, 0) is 17.7 Å². The highest BCUT2D eigenvalue weighted by Crippen LogP contribution is 2.25. The maximum absolute atomic E-state index is 13.4. The van der Waals surface area contributed by atoms with Crippen LogP contribution in [0.2, 0.25) is 0 Å². The van der Waals surface area contributed by atoms with Gasteiger partial charge in [0, 0.05) is 19.2 Å². The van der Waals surface area contributed by atoms with Gasteiger partial charge in [-0.2, -0.15) is 0 Å². The third kappa shape index (κ3) is 2.88. The number of methoxy groups -OCH3 is 1. The summed E-state index contributed by atoms with van der Waals surface area (Å²) in [6.07, 6.45) is 0.755. The van der Waals surface area contributed by atoms with Crippen molar-refractivity contribution >= 4 is 5.91 Å². The molecule has 4 heteroatoms. The van der Waals surface area contributed by atoms with Gasteiger partial charge in [-0.05, 0) is 35.7 Å². The maximum Gasteiger partial charge on any atom is 0.254 e. The zero-order valence-corrected chi connectivity index (χ0v) is 12.5. The zero-order valence-electron chi connectivity index (χ0n) is 12.5. The van der Waals surface area contributed by atoms with Crippen molar-refractivity contribution in [2.24, 2.45) is 0 Å². The highest BCUT2D eigenvalue weighted by Gasteiger charge is 2.30. The Hall–Kier alpha value is -2.20. The van der Waals surface area contributed by atoms with Crippen molar-refractivity contribution in [1.29, 1.82) is 0 Å². The molecule has 0 aliphatic carbocycles. The smallest absolute Gasteiger partial charge is 0.254 e. The summed E-state index contributed by atoms with van der Waals surface area (Å²) >= 11 is 0. The van der Waals surface area contributed by atoms with Gasteiger partial charge in [-0.1, -0.05) is 30.3 Å². The van der Waals surface area contributed by atoms with E-state index in [0.717, 1.165) is 12.0 Å². The number of fused-ring (bicyclic) bond motifs is 1. The van der Waals surface area contributed by atoms with Crippen LogP contribution in [0.3, 0.4) is 0 Å². The molecule has 0 radical (unpaired) electrons. The molecule has 3 nitrogen and oxygen atoms in total. The lowest BCUT2D eigenvalue weighted by Gasteiger charge is -2.36. The second kappa shape index (κ2) is 6.28. The van der Waals surface area contributed by atoms with Crippen LogP contribution in [0.1, 0.15) is 21.5 Å². The summed E-state index contributed by atoms with van der Waals surface area (Å²) in [6, 6.07) is 13.9. The van der Waals surface area contributed by atoms with Crippen molar-refractivity contribution in [1.82, 2.24) is 4.90 Å². The number of rotatable bonds is 3. The second-order valence-corrected chi connectivity index (χ2v) is 5.53. The van der Waals surface area contributed by atoms with Gasteiger partial charge in [0.25, 0.3) is 5.91 Å². The SMILES string of the molecule is COCC1Cc2ccccc2CN1C(=O)c1cccc(F)c1. The number of carbonyl (C=O) groups excluding carboxylic acids is 1. The third-order valence-corrected chi connectivity index (χ3v) is 4.05. The molecule has 22 heavy (non-hydrogen) atoms. The number of hydrogen-bond acceptors (Lipinski definition) is 2. The number of hydrogen-bond donors (Lipinski definition) is 0. The van der Waals surface area contributed by atoms with Crippen molar-refractivity contribution in [2.45, 2.75) is 19.0 Å². The van der Waals surface area contributed by atoms with Crippen LogP contribution in [0.4, 0.5) is 4.39 Å². The molecule has 1 aliphatic heterocycles. The van der Waals surface area contributed by atoms with Crippen LogP contribution in [0.15, 0.2) is 48.5 Å². The van der Waals surface area contributed by atoms with Crippen LogP contribution in [0.5, 0.6) is 0 Å². The van der Waals surface area contributed by atoms with Crippen LogP contribution < -0.4 is 0 Å². The second-order valence-electron chi connectivity index (χ2n) is 5.53. The first-order chi connectivity index (χ1) is 10.7. The molecular weight excluding hydrogens is 281 g/mol. The van der Waals surface area contributed by atoms with E-state index in [1.807, 2.05) is 18.2 Å². The van der Waals surface area contributed by atoms with Crippen molar-refractivity contribution in [3.8, 4) is 0 Å². The Bertz CT molecular complexity index is 686. The minimum Gasteiger partial charge on any atom is -0.383 e. The Morgan fingerprint density at radius 2 is 2.00 bits per heavy atom. The summed E-state index contributed by atoms with van der Waals surface area (Å²) in [4.78, 5) is 14.5. The van der Waals surface area contributed by atoms with E-state index >= 15 is 0 Å². The quantitative estimate of drug-likeness (QED) is 0.872. The maximum atomic E-state index is 13.4. The monoisotopic (exact) mass is 299 g/mol. The number of ether oxygens (including phenoxy) is 1. The topological polar surface area (TPSA) is 29.5 Å². The molecule has 0 saturated carbocycles. The van der Waals surface area contributed by atoms with Crippen LogP contribution in [0.25, 0.3) is 0 Å². The first-order valence-electron chi connectivity index (χ1n) is 7.31. The van der Waals surface area contributed by atoms with Gasteiger partial charge in [0.05, 0.1) is 12.6 Å². The van der Waals surface area contributed by atoms with E-state index in [1.54, 1.807) is 24.1 Å². The number of carbonyl (C=O) groups is 1. The van der Waals surface area contributed by atoms with Gasteiger partial charge in [-0.15, -0.1) is 0 Å². The molecule has 0 bridgehead atoms. The first kappa shape index (κ1) is 14.7. The Labute approximate surface area is 129 Å². The van der Waals surface area contributed by atoms with Crippen LogP contribution >= 0.6 is 0 Å². The molecule has 0 aromatic heterocycles. The minimum absolute atomic E-state index is 0.0318. The number of nitrogens with zero attached hydrogens (tertiary/aromatic N) is 1. The summed E-state index contributed by atoms with van der Waals surface area (Å²) in [6.45, 7) is 0.995. The lowest BCUT2D eigenvalue weighted by atomic mass is 9.93. The normalized spacial score (nSPS) is 17.2. The number of amides is 1. The molecule has 1 aliphatic rings.